The van der Waals surface area contributed by atoms with Crippen molar-refractivity contribution in [2.24, 2.45) is 0 Å². The largest absolute Gasteiger partial charge is 0.545 e. The number of benzene rings is 2. The fraction of sp³-hybridized carbons (Fsp3) is 0.273. The number of ether oxygens (including phenoxy) is 2. The molecule has 2 rings (SSSR count). The van der Waals surface area contributed by atoms with Gasteiger partial charge < -0.3 is 19.4 Å². The molecule has 0 N–H and O–H groups in total. The Balaban J connectivity index is 2.40. The number of hydrogen-bond donors (Lipinski definition) is 0. The number of carbonyl (C=O) groups excluding carboxylic acids is 2. The third-order valence-electron chi connectivity index (χ3n) is 4.28. The van der Waals surface area contributed by atoms with Gasteiger partial charge in [-0.15, -0.1) is 0 Å². The van der Waals surface area contributed by atoms with Crippen LogP contribution in [-0.4, -0.2) is 45.3 Å². The summed E-state index contributed by atoms with van der Waals surface area (Å²) in [6, 6.07) is 13.9. The van der Waals surface area contributed by atoms with E-state index in [9.17, 15) is 23.1 Å². The van der Waals surface area contributed by atoms with Gasteiger partial charge in [0.15, 0.2) is 9.84 Å². The maximum Gasteiger partial charge on any atom is 0.508 e. The second-order valence-electron chi connectivity index (χ2n) is 6.59. The maximum atomic E-state index is 12.0. The molecule has 0 aliphatic rings. The number of sulfone groups is 1. The molecule has 0 saturated heterocycles. The number of carbonyl (C=O) groups is 2. The zero-order chi connectivity index (χ0) is 22.9. The van der Waals surface area contributed by atoms with Crippen LogP contribution < -0.4 is 5.11 Å². The number of aliphatic carboxylic acids is 1. The van der Waals surface area contributed by atoms with Crippen molar-refractivity contribution < 1.29 is 32.6 Å². The van der Waals surface area contributed by atoms with Crippen LogP contribution in [0, 0.1) is 0 Å². The van der Waals surface area contributed by atoms with E-state index in [2.05, 4.69) is 15.9 Å². The average molecular weight is 510 g/mol. The minimum atomic E-state index is -3.43. The van der Waals surface area contributed by atoms with E-state index >= 15 is 0 Å². The number of halogens is 1. The number of alkyl halides is 1. The van der Waals surface area contributed by atoms with E-state index in [0.29, 0.717) is 17.5 Å². The summed E-state index contributed by atoms with van der Waals surface area (Å²) < 4.78 is 33.6. The topological polar surface area (TPSA) is 110 Å². The normalized spacial score (nSPS) is 12.1. The second kappa shape index (κ2) is 11.7. The van der Waals surface area contributed by atoms with Gasteiger partial charge in [0.25, 0.3) is 0 Å². The van der Waals surface area contributed by atoms with Gasteiger partial charge in [0.2, 0.25) is 0 Å². The van der Waals surface area contributed by atoms with Crippen LogP contribution in [0.4, 0.5) is 4.79 Å². The maximum absolute atomic E-state index is 12.0. The van der Waals surface area contributed by atoms with Crippen molar-refractivity contribution in [3.8, 4) is 0 Å². The molecule has 0 atom stereocenters. The van der Waals surface area contributed by atoms with Crippen LogP contribution in [0.3, 0.4) is 0 Å². The van der Waals surface area contributed by atoms with Crippen molar-refractivity contribution in [1.29, 1.82) is 0 Å². The molecule has 0 unspecified atom stereocenters. The summed E-state index contributed by atoms with van der Waals surface area (Å²) in [7, 11) is -3.43. The predicted octanol–water partition coefficient (Wildman–Crippen LogP) is 3.08. The SMILES string of the molecule is CS(=O)(=O)c1ccc(/C(COC(=O)OCCCCBr)=C(/C(=O)[O-])c2ccccc2)cc1. The van der Waals surface area contributed by atoms with Crippen LogP contribution in [-0.2, 0) is 24.1 Å². The molecule has 0 aliphatic heterocycles. The van der Waals surface area contributed by atoms with Crippen LogP contribution >= 0.6 is 15.9 Å². The molecule has 2 aromatic rings. The zero-order valence-electron chi connectivity index (χ0n) is 16.9. The summed E-state index contributed by atoms with van der Waals surface area (Å²) in [5, 5.41) is 12.8. The lowest BCUT2D eigenvalue weighted by Crippen LogP contribution is -2.25. The predicted molar refractivity (Wildman–Crippen MR) is 118 cm³/mol. The first-order valence-electron chi connectivity index (χ1n) is 9.40. The lowest BCUT2D eigenvalue weighted by Gasteiger charge is -2.18. The molecule has 2 aromatic carbocycles. The Hall–Kier alpha value is -2.65. The molecule has 0 radical (unpaired) electrons. The molecule has 9 heteroatoms. The van der Waals surface area contributed by atoms with Crippen molar-refractivity contribution in [1.82, 2.24) is 0 Å². The molecule has 0 bridgehead atoms. The van der Waals surface area contributed by atoms with Crippen LogP contribution in [0.5, 0.6) is 0 Å². The van der Waals surface area contributed by atoms with Gasteiger partial charge in [-0.3, -0.25) is 0 Å². The third kappa shape index (κ3) is 7.52. The standard InChI is InChI=1S/C22H23BrO7S/c1-31(27,28)18-11-9-16(10-12-18)19(15-30-22(26)29-14-6-5-13-23)20(21(24)25)17-7-3-2-4-8-17/h2-4,7-12H,5-6,13-15H2,1H3,(H,24,25)/p-1/b20-19+. The summed E-state index contributed by atoms with van der Waals surface area (Å²) in [5.74, 6) is -1.46. The van der Waals surface area contributed by atoms with Gasteiger partial charge in [0.05, 0.1) is 17.5 Å². The molecular weight excluding hydrogens is 488 g/mol. The van der Waals surface area contributed by atoms with E-state index in [4.69, 9.17) is 9.47 Å². The van der Waals surface area contributed by atoms with Crippen molar-refractivity contribution in [3.05, 3.63) is 65.7 Å². The monoisotopic (exact) mass is 509 g/mol. The number of carboxylic acid groups (broad SMARTS) is 1. The van der Waals surface area contributed by atoms with E-state index < -0.39 is 28.6 Å². The first-order valence-corrected chi connectivity index (χ1v) is 12.4. The highest BCUT2D eigenvalue weighted by atomic mass is 79.9. The second-order valence-corrected chi connectivity index (χ2v) is 9.40. The highest BCUT2D eigenvalue weighted by Gasteiger charge is 2.17. The molecule has 0 aliphatic carbocycles. The molecule has 0 heterocycles. The first-order chi connectivity index (χ1) is 14.7. The Morgan fingerprint density at radius 3 is 2.13 bits per heavy atom. The van der Waals surface area contributed by atoms with Gasteiger partial charge in [-0.05, 0) is 36.1 Å². The van der Waals surface area contributed by atoms with Crippen molar-refractivity contribution in [2.75, 3.05) is 24.8 Å². The Kier molecular flexibility index (Phi) is 9.26. The summed E-state index contributed by atoms with van der Waals surface area (Å²) in [6.45, 7) is -0.216. The van der Waals surface area contributed by atoms with Gasteiger partial charge in [0.1, 0.15) is 6.61 Å². The molecule has 0 amide bonds. The van der Waals surface area contributed by atoms with Crippen LogP contribution in [0.25, 0.3) is 11.1 Å². The molecule has 0 fully saturated rings. The molecule has 0 aromatic heterocycles. The summed E-state index contributed by atoms with van der Waals surface area (Å²) in [4.78, 5) is 24.0. The third-order valence-corrected chi connectivity index (χ3v) is 5.97. The fourth-order valence-electron chi connectivity index (χ4n) is 2.75. The Morgan fingerprint density at radius 2 is 1.58 bits per heavy atom. The number of rotatable bonds is 10. The van der Waals surface area contributed by atoms with E-state index in [-0.39, 0.29) is 22.6 Å². The van der Waals surface area contributed by atoms with Gasteiger partial charge in [-0.2, -0.15) is 0 Å². The minimum Gasteiger partial charge on any atom is -0.545 e. The summed E-state index contributed by atoms with van der Waals surface area (Å²) in [6.07, 6.45) is 1.63. The summed E-state index contributed by atoms with van der Waals surface area (Å²) >= 11 is 3.28. The van der Waals surface area contributed by atoms with Crippen molar-refractivity contribution in [2.45, 2.75) is 17.7 Å². The van der Waals surface area contributed by atoms with Crippen molar-refractivity contribution >= 4 is 49.0 Å². The van der Waals surface area contributed by atoms with E-state index in [1.54, 1.807) is 30.3 Å². The highest BCUT2D eigenvalue weighted by Crippen LogP contribution is 2.28. The van der Waals surface area contributed by atoms with E-state index in [0.717, 1.165) is 18.0 Å². The molecule has 7 nitrogen and oxygen atoms in total. The zero-order valence-corrected chi connectivity index (χ0v) is 19.3. The summed E-state index contributed by atoms with van der Waals surface area (Å²) in [5.41, 5.74) is 0.727. The minimum absolute atomic E-state index is 0.0810. The molecule has 0 spiro atoms. The quantitative estimate of drug-likeness (QED) is 0.159. The Labute approximate surface area is 189 Å². The van der Waals surface area contributed by atoms with Gasteiger partial charge in [0, 0.05) is 22.7 Å². The average Bonchev–Trinajstić information content (AvgIpc) is 2.74. The lowest BCUT2D eigenvalue weighted by molar-refractivity contribution is -0.295. The molecule has 0 saturated carbocycles. The van der Waals surface area contributed by atoms with Crippen LogP contribution in [0.2, 0.25) is 0 Å². The van der Waals surface area contributed by atoms with Gasteiger partial charge >= 0.3 is 6.16 Å². The van der Waals surface area contributed by atoms with Gasteiger partial charge in [-0.25, -0.2) is 13.2 Å². The Bertz CT molecular complexity index is 1030. The highest BCUT2D eigenvalue weighted by molar-refractivity contribution is 9.09. The van der Waals surface area contributed by atoms with Crippen LogP contribution in [0.1, 0.15) is 24.0 Å². The molecular formula is C22H22BrO7S-. The first kappa shape index (κ1) is 24.6. The van der Waals surface area contributed by atoms with E-state index in [1.807, 2.05) is 0 Å². The molecule has 31 heavy (non-hydrogen) atoms. The number of carboxylic acids is 1. The fourth-order valence-corrected chi connectivity index (χ4v) is 3.78. The number of unbranched alkanes of at least 4 members (excludes halogenated alkanes) is 1. The number of hydrogen-bond acceptors (Lipinski definition) is 7. The van der Waals surface area contributed by atoms with Gasteiger partial charge in [-0.1, -0.05) is 58.4 Å². The smallest absolute Gasteiger partial charge is 0.508 e. The van der Waals surface area contributed by atoms with Crippen molar-refractivity contribution in [3.63, 3.8) is 0 Å². The lowest BCUT2D eigenvalue weighted by atomic mass is 9.95. The Morgan fingerprint density at radius 1 is 0.935 bits per heavy atom. The van der Waals surface area contributed by atoms with E-state index in [1.165, 1.54) is 24.3 Å². The molecule has 166 valence electrons. The van der Waals surface area contributed by atoms with Crippen LogP contribution in [0.15, 0.2) is 59.5 Å².